The van der Waals surface area contributed by atoms with Crippen LogP contribution in [0.2, 0.25) is 0 Å². The van der Waals surface area contributed by atoms with Crippen molar-refractivity contribution < 1.29 is 19.8 Å². The Labute approximate surface area is 116 Å². The molecule has 2 N–H and O–H groups in total. The molecule has 0 aromatic rings. The molecule has 0 amide bonds. The lowest BCUT2D eigenvalue weighted by Crippen LogP contribution is -2.36. The molecule has 1 unspecified atom stereocenters. The van der Waals surface area contributed by atoms with Crippen molar-refractivity contribution in [3.63, 3.8) is 0 Å². The van der Waals surface area contributed by atoms with E-state index >= 15 is 0 Å². The zero-order valence-electron chi connectivity index (χ0n) is 12.4. The molecule has 0 saturated carbocycles. The van der Waals surface area contributed by atoms with Crippen LogP contribution in [0.15, 0.2) is 0 Å². The average molecular weight is 272 g/mol. The van der Waals surface area contributed by atoms with Crippen molar-refractivity contribution in [1.29, 1.82) is 0 Å². The second-order valence-corrected chi connectivity index (χ2v) is 5.63. The lowest BCUT2D eigenvalue weighted by Gasteiger charge is -2.23. The van der Waals surface area contributed by atoms with E-state index in [-0.39, 0.29) is 6.42 Å². The molecule has 0 aromatic carbocycles. The van der Waals surface area contributed by atoms with E-state index in [9.17, 15) is 9.59 Å². The third kappa shape index (κ3) is 6.08. The van der Waals surface area contributed by atoms with Gasteiger partial charge in [-0.2, -0.15) is 0 Å². The van der Waals surface area contributed by atoms with Gasteiger partial charge in [0.2, 0.25) is 0 Å². The maximum atomic E-state index is 11.1. The van der Waals surface area contributed by atoms with Crippen LogP contribution in [-0.4, -0.2) is 22.2 Å². The Kier molecular flexibility index (Phi) is 8.44. The molecule has 1 atom stereocenters. The van der Waals surface area contributed by atoms with Gasteiger partial charge in [0.1, 0.15) is 0 Å². The third-order valence-electron chi connectivity index (χ3n) is 3.91. The smallest absolute Gasteiger partial charge is 0.320 e. The minimum Gasteiger partial charge on any atom is -0.480 e. The summed E-state index contributed by atoms with van der Waals surface area (Å²) in [5.41, 5.74) is -1.64. The first-order valence-corrected chi connectivity index (χ1v) is 7.35. The molecule has 4 nitrogen and oxygen atoms in total. The molecule has 0 saturated heterocycles. The molecule has 112 valence electrons. The summed E-state index contributed by atoms with van der Waals surface area (Å²) in [6, 6.07) is 0. The van der Waals surface area contributed by atoms with Crippen LogP contribution in [-0.2, 0) is 9.59 Å². The molecule has 0 spiro atoms. The second kappa shape index (κ2) is 8.94. The Morgan fingerprint density at radius 2 is 1.53 bits per heavy atom. The second-order valence-electron chi connectivity index (χ2n) is 5.63. The standard InChI is InChI=1S/C15H28O4/c1-4-6-7-9-12(8-5-2)10-11-15(3,13(16)17)14(18)19/h12H,4-11H2,1-3H3,(H,16,17)(H,18,19). The van der Waals surface area contributed by atoms with Crippen LogP contribution in [0.25, 0.3) is 0 Å². The monoisotopic (exact) mass is 272 g/mol. The van der Waals surface area contributed by atoms with E-state index in [0.717, 1.165) is 25.7 Å². The number of hydrogen-bond donors (Lipinski definition) is 2. The first-order chi connectivity index (χ1) is 8.88. The molecule has 0 heterocycles. The molecule has 0 aromatic heterocycles. The fourth-order valence-corrected chi connectivity index (χ4v) is 2.32. The number of hydrogen-bond acceptors (Lipinski definition) is 2. The highest BCUT2D eigenvalue weighted by atomic mass is 16.4. The average Bonchev–Trinajstić information content (AvgIpc) is 2.35. The zero-order valence-corrected chi connectivity index (χ0v) is 12.4. The summed E-state index contributed by atoms with van der Waals surface area (Å²) in [5.74, 6) is -2.01. The molecular formula is C15H28O4. The normalized spacial score (nSPS) is 13.2. The molecule has 0 aliphatic heterocycles. The molecular weight excluding hydrogens is 244 g/mol. The van der Waals surface area contributed by atoms with Gasteiger partial charge in [-0.05, 0) is 25.7 Å². The predicted molar refractivity (Wildman–Crippen MR) is 75.2 cm³/mol. The highest BCUT2D eigenvalue weighted by Crippen LogP contribution is 2.30. The predicted octanol–water partition coefficient (Wildman–Crippen LogP) is 3.94. The van der Waals surface area contributed by atoms with E-state index in [1.807, 2.05) is 0 Å². The van der Waals surface area contributed by atoms with Crippen molar-refractivity contribution in [2.45, 2.75) is 72.1 Å². The van der Waals surface area contributed by atoms with Gasteiger partial charge in [-0.15, -0.1) is 0 Å². The summed E-state index contributed by atoms with van der Waals surface area (Å²) >= 11 is 0. The van der Waals surface area contributed by atoms with E-state index < -0.39 is 17.4 Å². The summed E-state index contributed by atoms with van der Waals surface area (Å²) in [6.07, 6.45) is 7.61. The maximum absolute atomic E-state index is 11.1. The number of carboxylic acid groups (broad SMARTS) is 2. The van der Waals surface area contributed by atoms with Crippen LogP contribution >= 0.6 is 0 Å². The fourth-order valence-electron chi connectivity index (χ4n) is 2.32. The van der Waals surface area contributed by atoms with Crippen molar-refractivity contribution in [3.8, 4) is 0 Å². The summed E-state index contributed by atoms with van der Waals surface area (Å²) in [4.78, 5) is 22.2. The van der Waals surface area contributed by atoms with Gasteiger partial charge >= 0.3 is 11.9 Å². The Morgan fingerprint density at radius 1 is 0.947 bits per heavy atom. The number of carboxylic acids is 2. The minimum absolute atomic E-state index is 0.217. The van der Waals surface area contributed by atoms with E-state index in [4.69, 9.17) is 10.2 Å². The maximum Gasteiger partial charge on any atom is 0.320 e. The van der Waals surface area contributed by atoms with E-state index in [1.54, 1.807) is 0 Å². The molecule has 0 aliphatic carbocycles. The summed E-state index contributed by atoms with van der Waals surface area (Å²) < 4.78 is 0. The van der Waals surface area contributed by atoms with Gasteiger partial charge in [0.15, 0.2) is 5.41 Å². The van der Waals surface area contributed by atoms with Crippen molar-refractivity contribution in [2.75, 3.05) is 0 Å². The minimum atomic E-state index is -1.64. The van der Waals surface area contributed by atoms with Crippen molar-refractivity contribution in [2.24, 2.45) is 11.3 Å². The van der Waals surface area contributed by atoms with Crippen molar-refractivity contribution in [3.05, 3.63) is 0 Å². The fraction of sp³-hybridized carbons (Fsp3) is 0.867. The van der Waals surface area contributed by atoms with Crippen molar-refractivity contribution >= 4 is 11.9 Å². The molecule has 0 fully saturated rings. The Hall–Kier alpha value is -1.06. The molecule has 4 heteroatoms. The van der Waals surface area contributed by atoms with Crippen LogP contribution < -0.4 is 0 Å². The van der Waals surface area contributed by atoms with Gasteiger partial charge in [0.25, 0.3) is 0 Å². The van der Waals surface area contributed by atoms with Crippen LogP contribution in [0.4, 0.5) is 0 Å². The van der Waals surface area contributed by atoms with E-state index in [2.05, 4.69) is 13.8 Å². The van der Waals surface area contributed by atoms with Gasteiger partial charge in [0, 0.05) is 0 Å². The van der Waals surface area contributed by atoms with Crippen molar-refractivity contribution in [1.82, 2.24) is 0 Å². The lowest BCUT2D eigenvalue weighted by molar-refractivity contribution is -0.164. The third-order valence-corrected chi connectivity index (χ3v) is 3.91. The topological polar surface area (TPSA) is 74.6 Å². The van der Waals surface area contributed by atoms with E-state index in [1.165, 1.54) is 19.8 Å². The van der Waals surface area contributed by atoms with Gasteiger partial charge in [-0.1, -0.05) is 52.4 Å². The number of carbonyl (C=O) groups is 2. The first-order valence-electron chi connectivity index (χ1n) is 7.35. The Balaban J connectivity index is 4.42. The summed E-state index contributed by atoms with van der Waals surface area (Å²) in [5, 5.41) is 18.2. The zero-order chi connectivity index (χ0) is 14.9. The SMILES string of the molecule is CCCCCC(CCC)CCC(C)(C(=O)O)C(=O)O. The molecule has 0 radical (unpaired) electrons. The Bertz CT molecular complexity index is 272. The number of unbranched alkanes of at least 4 members (excludes halogenated alkanes) is 2. The number of rotatable bonds is 11. The van der Waals surface area contributed by atoms with Gasteiger partial charge < -0.3 is 10.2 Å². The molecule has 0 rings (SSSR count). The van der Waals surface area contributed by atoms with Gasteiger partial charge in [0.05, 0.1) is 0 Å². The van der Waals surface area contributed by atoms with Gasteiger partial charge in [-0.3, -0.25) is 9.59 Å². The van der Waals surface area contributed by atoms with Crippen LogP contribution in [0.1, 0.15) is 72.1 Å². The van der Waals surface area contributed by atoms with Crippen LogP contribution in [0.3, 0.4) is 0 Å². The lowest BCUT2D eigenvalue weighted by atomic mass is 9.80. The quantitative estimate of drug-likeness (QED) is 0.441. The largest absolute Gasteiger partial charge is 0.480 e. The summed E-state index contributed by atoms with van der Waals surface area (Å²) in [7, 11) is 0. The first kappa shape index (κ1) is 17.9. The molecule has 0 aliphatic rings. The number of aliphatic carboxylic acids is 2. The van der Waals surface area contributed by atoms with Crippen LogP contribution in [0, 0.1) is 11.3 Å². The van der Waals surface area contributed by atoms with Crippen LogP contribution in [0.5, 0.6) is 0 Å². The Morgan fingerprint density at radius 3 is 1.95 bits per heavy atom. The molecule has 0 bridgehead atoms. The summed E-state index contributed by atoms with van der Waals surface area (Å²) in [6.45, 7) is 5.58. The molecule has 19 heavy (non-hydrogen) atoms. The van der Waals surface area contributed by atoms with E-state index in [0.29, 0.717) is 12.3 Å². The highest BCUT2D eigenvalue weighted by Gasteiger charge is 2.41. The van der Waals surface area contributed by atoms with Gasteiger partial charge in [-0.25, -0.2) is 0 Å². The highest BCUT2D eigenvalue weighted by molar-refractivity contribution is 5.97.